The van der Waals surface area contributed by atoms with E-state index in [1.54, 1.807) is 35.7 Å². The SMILES string of the molecule is Cc1ccc(S(=O)(=O)Nc2sccc2-c2nc(-c3ccccc3)no2)cc1. The van der Waals surface area contributed by atoms with Gasteiger partial charge in [0, 0.05) is 5.56 Å². The lowest BCUT2D eigenvalue weighted by Gasteiger charge is -2.07. The van der Waals surface area contributed by atoms with Gasteiger partial charge in [-0.15, -0.1) is 11.3 Å². The molecule has 2 heterocycles. The summed E-state index contributed by atoms with van der Waals surface area (Å²) in [4.78, 5) is 4.59. The van der Waals surface area contributed by atoms with Gasteiger partial charge in [0.05, 0.1) is 10.5 Å². The predicted molar refractivity (Wildman–Crippen MR) is 105 cm³/mol. The van der Waals surface area contributed by atoms with Gasteiger partial charge < -0.3 is 4.52 Å². The fourth-order valence-electron chi connectivity index (χ4n) is 2.49. The summed E-state index contributed by atoms with van der Waals surface area (Å²) in [6.07, 6.45) is 0. The van der Waals surface area contributed by atoms with E-state index < -0.39 is 10.0 Å². The average Bonchev–Trinajstić information content (AvgIpc) is 3.31. The first-order valence-corrected chi connectivity index (χ1v) is 10.5. The molecular weight excluding hydrogens is 382 g/mol. The molecule has 0 saturated carbocycles. The van der Waals surface area contributed by atoms with Crippen molar-refractivity contribution in [3.8, 4) is 22.8 Å². The van der Waals surface area contributed by atoms with Gasteiger partial charge in [0.2, 0.25) is 5.82 Å². The van der Waals surface area contributed by atoms with Crippen molar-refractivity contribution in [1.82, 2.24) is 10.1 Å². The first kappa shape index (κ1) is 17.4. The van der Waals surface area contributed by atoms with Crippen molar-refractivity contribution < 1.29 is 12.9 Å². The lowest BCUT2D eigenvalue weighted by atomic mass is 10.2. The molecule has 0 bridgehead atoms. The Morgan fingerprint density at radius 2 is 1.74 bits per heavy atom. The van der Waals surface area contributed by atoms with Crippen LogP contribution in [0.4, 0.5) is 5.00 Å². The van der Waals surface area contributed by atoms with Gasteiger partial charge in [-0.2, -0.15) is 4.98 Å². The third-order valence-corrected chi connectivity index (χ3v) is 6.24. The van der Waals surface area contributed by atoms with Crippen LogP contribution in [0, 0.1) is 6.92 Å². The Morgan fingerprint density at radius 3 is 2.48 bits per heavy atom. The maximum atomic E-state index is 12.6. The van der Waals surface area contributed by atoms with E-state index >= 15 is 0 Å². The number of sulfonamides is 1. The lowest BCUT2D eigenvalue weighted by molar-refractivity contribution is 0.432. The van der Waals surface area contributed by atoms with Crippen LogP contribution in [0.2, 0.25) is 0 Å². The molecule has 8 heteroatoms. The minimum atomic E-state index is -3.71. The van der Waals surface area contributed by atoms with Crippen LogP contribution in [0.15, 0.2) is 75.5 Å². The molecule has 0 spiro atoms. The Labute approximate surface area is 160 Å². The molecule has 0 atom stereocenters. The van der Waals surface area contributed by atoms with Gasteiger partial charge in [0.1, 0.15) is 5.00 Å². The molecule has 0 radical (unpaired) electrons. The number of nitrogens with zero attached hydrogens (tertiary/aromatic N) is 2. The first-order valence-electron chi connectivity index (χ1n) is 8.09. The Hall–Kier alpha value is -2.97. The van der Waals surface area contributed by atoms with E-state index in [1.165, 1.54) is 11.3 Å². The molecule has 4 aromatic rings. The van der Waals surface area contributed by atoms with Gasteiger partial charge in [0.15, 0.2) is 0 Å². The maximum Gasteiger partial charge on any atom is 0.262 e. The zero-order chi connectivity index (χ0) is 18.9. The largest absolute Gasteiger partial charge is 0.334 e. The van der Waals surface area contributed by atoms with E-state index in [2.05, 4.69) is 14.9 Å². The molecule has 4 rings (SSSR count). The van der Waals surface area contributed by atoms with Crippen molar-refractivity contribution >= 4 is 26.4 Å². The van der Waals surface area contributed by atoms with Crippen LogP contribution in [0.5, 0.6) is 0 Å². The van der Waals surface area contributed by atoms with E-state index in [1.807, 2.05) is 37.3 Å². The van der Waals surface area contributed by atoms with E-state index in [4.69, 9.17) is 4.52 Å². The molecule has 0 aliphatic carbocycles. The maximum absolute atomic E-state index is 12.6. The highest BCUT2D eigenvalue weighted by atomic mass is 32.2. The fourth-order valence-corrected chi connectivity index (χ4v) is 4.60. The number of thiophene rings is 1. The molecule has 0 aliphatic heterocycles. The number of hydrogen-bond donors (Lipinski definition) is 1. The van der Waals surface area contributed by atoms with Gasteiger partial charge in [-0.3, -0.25) is 4.72 Å². The topological polar surface area (TPSA) is 85.1 Å². The summed E-state index contributed by atoms with van der Waals surface area (Å²) in [6, 6.07) is 17.8. The van der Waals surface area contributed by atoms with Crippen molar-refractivity contribution in [2.24, 2.45) is 0 Å². The van der Waals surface area contributed by atoms with Crippen LogP contribution < -0.4 is 4.72 Å². The highest BCUT2D eigenvalue weighted by molar-refractivity contribution is 7.93. The number of aromatic nitrogens is 2. The Morgan fingerprint density at radius 1 is 1.00 bits per heavy atom. The zero-order valence-corrected chi connectivity index (χ0v) is 15.9. The molecule has 0 fully saturated rings. The first-order chi connectivity index (χ1) is 13.0. The van der Waals surface area contributed by atoms with Crippen molar-refractivity contribution in [3.63, 3.8) is 0 Å². The van der Waals surface area contributed by atoms with Crippen LogP contribution >= 0.6 is 11.3 Å². The van der Waals surface area contributed by atoms with Crippen molar-refractivity contribution in [1.29, 1.82) is 0 Å². The summed E-state index contributed by atoms with van der Waals surface area (Å²) in [5, 5.41) is 6.19. The summed E-state index contributed by atoms with van der Waals surface area (Å²) < 4.78 is 33.3. The summed E-state index contributed by atoms with van der Waals surface area (Å²) >= 11 is 1.26. The average molecular weight is 397 g/mol. The summed E-state index contributed by atoms with van der Waals surface area (Å²) in [7, 11) is -3.71. The minimum absolute atomic E-state index is 0.197. The summed E-state index contributed by atoms with van der Waals surface area (Å²) in [5.74, 6) is 0.709. The number of nitrogens with one attached hydrogen (secondary N) is 1. The minimum Gasteiger partial charge on any atom is -0.334 e. The molecule has 27 heavy (non-hydrogen) atoms. The Bertz CT molecular complexity index is 1160. The van der Waals surface area contributed by atoms with Crippen molar-refractivity contribution in [2.45, 2.75) is 11.8 Å². The number of anilines is 1. The van der Waals surface area contributed by atoms with E-state index in [-0.39, 0.29) is 10.8 Å². The quantitative estimate of drug-likeness (QED) is 0.533. The molecule has 136 valence electrons. The van der Waals surface area contributed by atoms with Gasteiger partial charge >= 0.3 is 0 Å². The number of hydrogen-bond acceptors (Lipinski definition) is 6. The van der Waals surface area contributed by atoms with E-state index in [0.717, 1.165) is 11.1 Å². The molecule has 0 saturated heterocycles. The van der Waals surface area contributed by atoms with Crippen molar-refractivity contribution in [2.75, 3.05) is 4.72 Å². The summed E-state index contributed by atoms with van der Waals surface area (Å²) in [6.45, 7) is 1.90. The standard InChI is InChI=1S/C19H15N3O3S2/c1-13-7-9-15(10-8-13)27(23,24)22-19-16(11-12-26-19)18-20-17(21-25-18)14-5-3-2-4-6-14/h2-12,22H,1H3. The normalized spacial score (nSPS) is 11.4. The second-order valence-electron chi connectivity index (χ2n) is 5.87. The number of rotatable bonds is 5. The predicted octanol–water partition coefficient (Wildman–Crippen LogP) is 4.57. The Kier molecular flexibility index (Phi) is 4.51. The highest BCUT2D eigenvalue weighted by Crippen LogP contribution is 2.34. The molecule has 0 unspecified atom stereocenters. The van der Waals surface area contributed by atoms with Crippen LogP contribution in [0.1, 0.15) is 5.56 Å². The van der Waals surface area contributed by atoms with Gasteiger partial charge in [-0.1, -0.05) is 53.2 Å². The second kappa shape index (κ2) is 6.98. The monoisotopic (exact) mass is 397 g/mol. The lowest BCUT2D eigenvalue weighted by Crippen LogP contribution is -2.12. The molecule has 0 aliphatic rings. The molecule has 2 aromatic heterocycles. The highest BCUT2D eigenvalue weighted by Gasteiger charge is 2.20. The molecule has 1 N–H and O–H groups in total. The van der Waals surface area contributed by atoms with E-state index in [9.17, 15) is 8.42 Å². The molecular formula is C19H15N3O3S2. The summed E-state index contributed by atoms with van der Waals surface area (Å²) in [5.41, 5.74) is 2.36. The van der Waals surface area contributed by atoms with E-state index in [0.29, 0.717) is 16.4 Å². The molecule has 6 nitrogen and oxygen atoms in total. The number of aryl methyl sites for hydroxylation is 1. The van der Waals surface area contributed by atoms with Gasteiger partial charge in [0.25, 0.3) is 15.9 Å². The van der Waals surface area contributed by atoms with Crippen LogP contribution in [0.25, 0.3) is 22.8 Å². The third-order valence-electron chi connectivity index (χ3n) is 3.91. The van der Waals surface area contributed by atoms with Crippen LogP contribution in [-0.4, -0.2) is 18.6 Å². The van der Waals surface area contributed by atoms with Gasteiger partial charge in [-0.05, 0) is 30.5 Å². The van der Waals surface area contributed by atoms with Gasteiger partial charge in [-0.25, -0.2) is 8.42 Å². The number of benzene rings is 2. The molecule has 0 amide bonds. The smallest absolute Gasteiger partial charge is 0.262 e. The third kappa shape index (κ3) is 3.62. The molecule has 2 aromatic carbocycles. The Balaban J connectivity index is 1.64. The fraction of sp³-hybridized carbons (Fsp3) is 0.0526. The van der Waals surface area contributed by atoms with Crippen molar-refractivity contribution in [3.05, 3.63) is 71.6 Å². The van der Waals surface area contributed by atoms with Crippen LogP contribution in [0.3, 0.4) is 0 Å². The second-order valence-corrected chi connectivity index (χ2v) is 8.47. The zero-order valence-electron chi connectivity index (χ0n) is 14.3. The van der Waals surface area contributed by atoms with Crippen LogP contribution in [-0.2, 0) is 10.0 Å².